The summed E-state index contributed by atoms with van der Waals surface area (Å²) in [5.41, 5.74) is 1.67. The summed E-state index contributed by atoms with van der Waals surface area (Å²) < 4.78 is 12.4. The second-order valence-corrected chi connectivity index (χ2v) is 8.52. The van der Waals surface area contributed by atoms with Crippen molar-refractivity contribution in [2.24, 2.45) is 0 Å². The first kappa shape index (κ1) is 19.1. The van der Waals surface area contributed by atoms with Gasteiger partial charge < -0.3 is 14.4 Å². The third kappa shape index (κ3) is 4.10. The lowest BCUT2D eigenvalue weighted by atomic mass is 10.1. The van der Waals surface area contributed by atoms with Crippen molar-refractivity contribution in [1.82, 2.24) is 9.88 Å². The molecule has 0 radical (unpaired) electrons. The third-order valence-corrected chi connectivity index (χ3v) is 6.56. The number of amides is 1. The average molecular weight is 415 g/mol. The minimum Gasteiger partial charge on any atom is -0.497 e. The predicted molar refractivity (Wildman–Crippen MR) is 114 cm³/mol. The molecular formula is C21H22N2O3S2. The minimum absolute atomic E-state index is 0.0883. The van der Waals surface area contributed by atoms with Gasteiger partial charge in [-0.05, 0) is 48.7 Å². The van der Waals surface area contributed by atoms with Crippen LogP contribution in [-0.2, 0) is 0 Å². The van der Waals surface area contributed by atoms with E-state index in [0.717, 1.165) is 39.3 Å². The maximum absolute atomic E-state index is 12.7. The number of fused-ring (bicyclic) bond motifs is 1. The molecule has 0 spiro atoms. The zero-order valence-electron chi connectivity index (χ0n) is 15.9. The van der Waals surface area contributed by atoms with Crippen molar-refractivity contribution in [3.05, 3.63) is 48.0 Å². The van der Waals surface area contributed by atoms with E-state index in [0.29, 0.717) is 18.3 Å². The molecule has 5 nitrogen and oxygen atoms in total. The molecule has 0 unspecified atom stereocenters. The van der Waals surface area contributed by atoms with Gasteiger partial charge in [-0.2, -0.15) is 0 Å². The van der Waals surface area contributed by atoms with Gasteiger partial charge in [0.25, 0.3) is 11.1 Å². The van der Waals surface area contributed by atoms with Crippen LogP contribution in [0.15, 0.2) is 47.4 Å². The topological polar surface area (TPSA) is 51.7 Å². The van der Waals surface area contributed by atoms with Gasteiger partial charge in [-0.1, -0.05) is 11.3 Å². The van der Waals surface area contributed by atoms with Crippen molar-refractivity contribution in [2.45, 2.75) is 23.8 Å². The van der Waals surface area contributed by atoms with E-state index in [-0.39, 0.29) is 12.0 Å². The van der Waals surface area contributed by atoms with E-state index in [9.17, 15) is 4.79 Å². The number of rotatable bonds is 5. The van der Waals surface area contributed by atoms with Crippen LogP contribution < -0.4 is 9.47 Å². The fraction of sp³-hybridized carbons (Fsp3) is 0.333. The normalized spacial score (nSPS) is 15.0. The van der Waals surface area contributed by atoms with Crippen LogP contribution in [0.4, 0.5) is 0 Å². The highest BCUT2D eigenvalue weighted by Crippen LogP contribution is 2.32. The zero-order chi connectivity index (χ0) is 19.5. The Hall–Kier alpha value is -2.25. The first-order valence-electron chi connectivity index (χ1n) is 9.21. The molecule has 1 saturated heterocycles. The van der Waals surface area contributed by atoms with Gasteiger partial charge in [0.05, 0.1) is 17.3 Å². The van der Waals surface area contributed by atoms with Gasteiger partial charge >= 0.3 is 0 Å². The molecule has 1 aliphatic heterocycles. The fourth-order valence-corrected chi connectivity index (χ4v) is 4.61. The lowest BCUT2D eigenvalue weighted by Gasteiger charge is -2.31. The molecule has 2 aromatic carbocycles. The van der Waals surface area contributed by atoms with E-state index in [1.54, 1.807) is 18.9 Å². The molecule has 1 aromatic heterocycles. The number of thioether (sulfide) groups is 1. The van der Waals surface area contributed by atoms with Crippen molar-refractivity contribution in [3.63, 3.8) is 0 Å². The number of ether oxygens (including phenoxy) is 2. The van der Waals surface area contributed by atoms with Gasteiger partial charge in [0.1, 0.15) is 11.9 Å². The van der Waals surface area contributed by atoms with E-state index in [1.165, 1.54) is 11.3 Å². The molecule has 0 N–H and O–H groups in total. The maximum Gasteiger partial charge on any atom is 0.274 e. The van der Waals surface area contributed by atoms with Crippen molar-refractivity contribution in [3.8, 4) is 10.9 Å². The molecule has 3 aromatic rings. The largest absolute Gasteiger partial charge is 0.497 e. The molecule has 0 saturated carbocycles. The number of hydrogen-bond donors (Lipinski definition) is 0. The summed E-state index contributed by atoms with van der Waals surface area (Å²) in [4.78, 5) is 20.3. The number of hydrogen-bond acceptors (Lipinski definition) is 6. The van der Waals surface area contributed by atoms with Crippen molar-refractivity contribution < 1.29 is 14.3 Å². The standard InChI is InChI=1S/C21H22N2O3S2/c1-25-16-5-8-18-19(13-16)28-21(22-18)26-15-9-11-23(12-10-15)20(24)14-3-6-17(27-2)7-4-14/h3-8,13,15H,9-12H2,1-2H3. The molecule has 0 atom stereocenters. The van der Waals surface area contributed by atoms with E-state index in [1.807, 2.05) is 53.6 Å². The average Bonchev–Trinajstić information content (AvgIpc) is 3.15. The number of carbonyl (C=O) groups is 1. The first-order valence-corrected chi connectivity index (χ1v) is 11.2. The van der Waals surface area contributed by atoms with Crippen LogP contribution in [0.25, 0.3) is 10.2 Å². The summed E-state index contributed by atoms with van der Waals surface area (Å²) in [5.74, 6) is 0.915. The van der Waals surface area contributed by atoms with Crippen LogP contribution in [0, 0.1) is 0 Å². The molecule has 0 aliphatic carbocycles. The van der Waals surface area contributed by atoms with Crippen molar-refractivity contribution in [1.29, 1.82) is 0 Å². The Morgan fingerprint density at radius 1 is 1.18 bits per heavy atom. The Bertz CT molecular complexity index is 963. The molecule has 0 bridgehead atoms. The lowest BCUT2D eigenvalue weighted by Crippen LogP contribution is -2.41. The number of thiazole rings is 1. The Labute approximate surface area is 172 Å². The summed E-state index contributed by atoms with van der Waals surface area (Å²) in [6, 6.07) is 13.6. The van der Waals surface area contributed by atoms with Crippen LogP contribution in [-0.4, -0.2) is 48.4 Å². The number of piperidine rings is 1. The molecule has 7 heteroatoms. The number of likely N-dealkylation sites (tertiary alicyclic amines) is 1. The van der Waals surface area contributed by atoms with E-state index >= 15 is 0 Å². The highest BCUT2D eigenvalue weighted by Gasteiger charge is 2.25. The first-order chi connectivity index (χ1) is 13.7. The van der Waals surface area contributed by atoms with Crippen LogP contribution >= 0.6 is 23.1 Å². The fourth-order valence-electron chi connectivity index (χ4n) is 3.30. The highest BCUT2D eigenvalue weighted by atomic mass is 32.2. The molecule has 1 amide bonds. The number of methoxy groups -OCH3 is 1. The number of carbonyl (C=O) groups excluding carboxylic acids is 1. The van der Waals surface area contributed by atoms with Crippen molar-refractivity contribution >= 4 is 39.2 Å². The van der Waals surface area contributed by atoms with Gasteiger partial charge in [0.2, 0.25) is 0 Å². The molecule has 1 aliphatic rings. The molecule has 146 valence electrons. The van der Waals surface area contributed by atoms with Crippen LogP contribution in [0.2, 0.25) is 0 Å². The predicted octanol–water partition coefficient (Wildman–Crippen LogP) is 4.71. The quantitative estimate of drug-likeness (QED) is 0.566. The molecule has 1 fully saturated rings. The van der Waals surface area contributed by atoms with Crippen LogP contribution in [0.1, 0.15) is 23.2 Å². The van der Waals surface area contributed by atoms with Gasteiger partial charge in [-0.15, -0.1) is 11.8 Å². The Morgan fingerprint density at radius 3 is 2.61 bits per heavy atom. The van der Waals surface area contributed by atoms with E-state index in [4.69, 9.17) is 9.47 Å². The van der Waals surface area contributed by atoms with Gasteiger partial charge in [-0.25, -0.2) is 4.98 Å². The molecular weight excluding hydrogens is 392 g/mol. The molecule has 4 rings (SSSR count). The monoisotopic (exact) mass is 414 g/mol. The van der Waals surface area contributed by atoms with Crippen LogP contribution in [0.3, 0.4) is 0 Å². The second kappa shape index (κ2) is 8.41. The highest BCUT2D eigenvalue weighted by molar-refractivity contribution is 7.98. The van der Waals surface area contributed by atoms with Crippen LogP contribution in [0.5, 0.6) is 10.9 Å². The van der Waals surface area contributed by atoms with Gasteiger partial charge in [0.15, 0.2) is 0 Å². The summed E-state index contributed by atoms with van der Waals surface area (Å²) in [5, 5.41) is 0.681. The van der Waals surface area contributed by atoms with E-state index in [2.05, 4.69) is 4.98 Å². The molecule has 2 heterocycles. The number of benzene rings is 2. The Balaban J connectivity index is 1.35. The third-order valence-electron chi connectivity index (χ3n) is 4.91. The summed E-state index contributed by atoms with van der Waals surface area (Å²) in [6.07, 6.45) is 3.75. The smallest absolute Gasteiger partial charge is 0.274 e. The Kier molecular flexibility index (Phi) is 5.73. The lowest BCUT2D eigenvalue weighted by molar-refractivity contribution is 0.0595. The summed E-state index contributed by atoms with van der Waals surface area (Å²) in [7, 11) is 1.66. The number of nitrogens with zero attached hydrogens (tertiary/aromatic N) is 2. The SMILES string of the molecule is COc1ccc2nc(OC3CCN(C(=O)c4ccc(SC)cc4)CC3)sc2c1. The van der Waals surface area contributed by atoms with Crippen molar-refractivity contribution in [2.75, 3.05) is 26.5 Å². The Morgan fingerprint density at radius 2 is 1.93 bits per heavy atom. The summed E-state index contributed by atoms with van der Waals surface area (Å²) >= 11 is 3.21. The second-order valence-electron chi connectivity index (χ2n) is 6.65. The molecule has 28 heavy (non-hydrogen) atoms. The minimum atomic E-state index is 0.0883. The van der Waals surface area contributed by atoms with E-state index < -0.39 is 0 Å². The summed E-state index contributed by atoms with van der Waals surface area (Å²) in [6.45, 7) is 1.40. The zero-order valence-corrected chi connectivity index (χ0v) is 17.5. The van der Waals surface area contributed by atoms with Gasteiger partial charge in [0, 0.05) is 36.4 Å². The number of aromatic nitrogens is 1. The van der Waals surface area contributed by atoms with Gasteiger partial charge in [-0.3, -0.25) is 4.79 Å². The maximum atomic E-state index is 12.7.